The van der Waals surface area contributed by atoms with Crippen LogP contribution in [-0.4, -0.2) is 17.6 Å². The molecule has 0 fully saturated rings. The minimum Gasteiger partial charge on any atom is -0.461 e. The smallest absolute Gasteiger partial charge is 0.365 e. The highest BCUT2D eigenvalue weighted by Gasteiger charge is 2.62. The molecule has 2 aliphatic rings. The molecule has 41 heavy (non-hydrogen) atoms. The Hall–Kier alpha value is -3.00. The van der Waals surface area contributed by atoms with E-state index in [1.165, 1.54) is 39.6 Å². The molecule has 7 heteroatoms. The van der Waals surface area contributed by atoms with Gasteiger partial charge in [0.15, 0.2) is 4.20 Å². The average molecular weight is 644 g/mol. The molecule has 208 valence electrons. The molecule has 0 aromatic heterocycles. The third-order valence-corrected chi connectivity index (χ3v) is 11.5. The SMILES string of the molecule is CCOC(=O)C1=NN(c2ccc(Br)cc2)[C@]2(S1)SC(c1ccc(CC)cc1)(c1ccc(CC)cc1)c1ccccc12. The Bertz CT molecular complexity index is 1560. The van der Waals surface area contributed by atoms with Gasteiger partial charge in [-0.1, -0.05) is 126 Å². The lowest BCUT2D eigenvalue weighted by atomic mass is 9.81. The summed E-state index contributed by atoms with van der Waals surface area (Å²) in [5.74, 6) is -0.397. The summed E-state index contributed by atoms with van der Waals surface area (Å²) in [6.45, 7) is 6.49. The molecule has 6 rings (SSSR count). The lowest BCUT2D eigenvalue weighted by Crippen LogP contribution is -2.34. The molecule has 0 N–H and O–H groups in total. The first kappa shape index (κ1) is 28.1. The van der Waals surface area contributed by atoms with Crippen LogP contribution in [0.15, 0.2) is 107 Å². The molecular weight excluding hydrogens is 612 g/mol. The number of carbonyl (C=O) groups is 1. The van der Waals surface area contributed by atoms with Crippen LogP contribution >= 0.6 is 39.5 Å². The van der Waals surface area contributed by atoms with Crippen LogP contribution in [0, 0.1) is 0 Å². The maximum atomic E-state index is 13.2. The Balaban J connectivity index is 1.61. The van der Waals surface area contributed by atoms with Crippen LogP contribution in [0.3, 0.4) is 0 Å². The molecular formula is C34H31BrN2O2S2. The fourth-order valence-corrected chi connectivity index (χ4v) is 9.42. The predicted molar refractivity (Wildman–Crippen MR) is 176 cm³/mol. The monoisotopic (exact) mass is 642 g/mol. The molecule has 0 radical (unpaired) electrons. The highest BCUT2D eigenvalue weighted by molar-refractivity contribution is 9.10. The minimum absolute atomic E-state index is 0.297. The van der Waals surface area contributed by atoms with E-state index in [1.807, 2.05) is 48.0 Å². The van der Waals surface area contributed by atoms with Gasteiger partial charge >= 0.3 is 5.97 Å². The van der Waals surface area contributed by atoms with Gasteiger partial charge in [0.05, 0.1) is 17.0 Å². The number of fused-ring (bicyclic) bond motifs is 2. The van der Waals surface area contributed by atoms with Crippen molar-refractivity contribution in [3.05, 3.63) is 135 Å². The maximum Gasteiger partial charge on any atom is 0.365 e. The summed E-state index contributed by atoms with van der Waals surface area (Å²) in [6, 6.07) is 34.8. The highest BCUT2D eigenvalue weighted by atomic mass is 79.9. The fourth-order valence-electron chi connectivity index (χ4n) is 5.60. The van der Waals surface area contributed by atoms with Crippen molar-refractivity contribution in [1.29, 1.82) is 0 Å². The van der Waals surface area contributed by atoms with E-state index in [0.29, 0.717) is 11.7 Å². The van der Waals surface area contributed by atoms with Crippen LogP contribution < -0.4 is 5.01 Å². The summed E-state index contributed by atoms with van der Waals surface area (Å²) >= 11 is 6.88. The number of hydrogen-bond acceptors (Lipinski definition) is 6. The first-order valence-corrected chi connectivity index (χ1v) is 16.4. The number of hydrazone groups is 1. The van der Waals surface area contributed by atoms with E-state index in [2.05, 4.69) is 103 Å². The van der Waals surface area contributed by atoms with Gasteiger partial charge in [-0.15, -0.1) is 0 Å². The van der Waals surface area contributed by atoms with Crippen molar-refractivity contribution >= 4 is 56.2 Å². The molecule has 0 amide bonds. The van der Waals surface area contributed by atoms with Gasteiger partial charge in [-0.3, -0.25) is 0 Å². The van der Waals surface area contributed by atoms with Gasteiger partial charge in [-0.25, -0.2) is 9.80 Å². The van der Waals surface area contributed by atoms with E-state index in [0.717, 1.165) is 28.6 Å². The standard InChI is InChI=1S/C34H31BrN2O2S2/c1-4-23-11-15-25(16-12-23)33(26-17-13-24(5-2)14-18-26)29-9-7-8-10-30(29)34(41-33)37(28-21-19-27(35)20-22-28)36-31(40-34)32(38)39-6-3/h7-22H,4-6H2,1-3H3/t34-/m1/s1. The first-order chi connectivity index (χ1) is 19.9. The van der Waals surface area contributed by atoms with Crippen molar-refractivity contribution in [1.82, 2.24) is 0 Å². The number of thioether (sulfide) groups is 2. The molecule has 4 aromatic carbocycles. The zero-order chi connectivity index (χ0) is 28.6. The molecule has 4 aromatic rings. The summed E-state index contributed by atoms with van der Waals surface area (Å²) < 4.78 is 5.17. The average Bonchev–Trinajstić information content (AvgIpc) is 3.55. The fraction of sp³-hybridized carbons (Fsp3) is 0.235. The van der Waals surface area contributed by atoms with Crippen LogP contribution in [-0.2, 0) is 31.3 Å². The quantitative estimate of drug-likeness (QED) is 0.188. The minimum atomic E-state index is -0.737. The molecule has 1 spiro atoms. The summed E-state index contributed by atoms with van der Waals surface area (Å²) in [4.78, 5) is 13.2. The lowest BCUT2D eigenvalue weighted by molar-refractivity contribution is -0.134. The number of halogens is 1. The molecule has 4 nitrogen and oxygen atoms in total. The number of nitrogens with zero attached hydrogens (tertiary/aromatic N) is 2. The van der Waals surface area contributed by atoms with Gasteiger partial charge in [0.2, 0.25) is 5.04 Å². The summed E-state index contributed by atoms with van der Waals surface area (Å²) in [5.41, 5.74) is 8.24. The molecule has 0 saturated carbocycles. The van der Waals surface area contributed by atoms with Crippen LogP contribution in [0.5, 0.6) is 0 Å². The highest BCUT2D eigenvalue weighted by Crippen LogP contribution is 2.70. The van der Waals surface area contributed by atoms with Crippen LogP contribution in [0.4, 0.5) is 5.69 Å². The number of rotatable bonds is 7. The predicted octanol–water partition coefficient (Wildman–Crippen LogP) is 8.85. The van der Waals surface area contributed by atoms with Gasteiger partial charge in [-0.2, -0.15) is 5.10 Å². The van der Waals surface area contributed by atoms with Gasteiger partial charge < -0.3 is 4.74 Å². The Morgan fingerprint density at radius 2 is 1.37 bits per heavy atom. The molecule has 0 aliphatic carbocycles. The van der Waals surface area contributed by atoms with Crippen LogP contribution in [0.1, 0.15) is 54.2 Å². The van der Waals surface area contributed by atoms with Crippen LogP contribution in [0.2, 0.25) is 0 Å². The number of ether oxygens (including phenoxy) is 1. The van der Waals surface area contributed by atoms with Crippen molar-refractivity contribution in [2.75, 3.05) is 11.6 Å². The molecule has 2 aliphatic heterocycles. The Morgan fingerprint density at radius 3 is 1.90 bits per heavy atom. The molecule has 1 atom stereocenters. The second kappa shape index (κ2) is 11.3. The number of esters is 1. The lowest BCUT2D eigenvalue weighted by Gasteiger charge is -2.37. The molecule has 2 heterocycles. The van der Waals surface area contributed by atoms with Gasteiger partial charge in [-0.05, 0) is 71.8 Å². The number of carbonyl (C=O) groups excluding carboxylic acids is 1. The van der Waals surface area contributed by atoms with Gasteiger partial charge in [0, 0.05) is 10.0 Å². The van der Waals surface area contributed by atoms with Gasteiger partial charge in [0.1, 0.15) is 0 Å². The second-order valence-electron chi connectivity index (χ2n) is 10.0. The summed E-state index contributed by atoms with van der Waals surface area (Å²) in [6.07, 6.45) is 1.96. The van der Waals surface area contributed by atoms with Crippen molar-refractivity contribution in [3.8, 4) is 0 Å². The Kier molecular flexibility index (Phi) is 7.79. The van der Waals surface area contributed by atoms with Crippen LogP contribution in [0.25, 0.3) is 0 Å². The van der Waals surface area contributed by atoms with Crippen molar-refractivity contribution in [2.45, 2.75) is 42.6 Å². The van der Waals surface area contributed by atoms with Crippen molar-refractivity contribution in [2.24, 2.45) is 5.10 Å². The number of benzene rings is 4. The van der Waals surface area contributed by atoms with E-state index >= 15 is 0 Å². The van der Waals surface area contributed by atoms with Crippen molar-refractivity contribution in [3.63, 3.8) is 0 Å². The third kappa shape index (κ3) is 4.72. The number of anilines is 1. The third-order valence-electron chi connectivity index (χ3n) is 7.70. The zero-order valence-electron chi connectivity index (χ0n) is 23.3. The van der Waals surface area contributed by atoms with E-state index in [9.17, 15) is 4.79 Å². The second-order valence-corrected chi connectivity index (χ2v) is 13.8. The van der Waals surface area contributed by atoms with E-state index in [4.69, 9.17) is 9.84 Å². The molecule has 0 bridgehead atoms. The van der Waals surface area contributed by atoms with E-state index < -0.39 is 14.9 Å². The summed E-state index contributed by atoms with van der Waals surface area (Å²) in [7, 11) is 0. The van der Waals surface area contributed by atoms with E-state index in [-0.39, 0.29) is 0 Å². The van der Waals surface area contributed by atoms with Gasteiger partial charge in [0.25, 0.3) is 0 Å². The number of hydrogen-bond donors (Lipinski definition) is 0. The summed E-state index contributed by atoms with van der Waals surface area (Å²) in [5, 5.41) is 7.32. The first-order valence-electron chi connectivity index (χ1n) is 13.9. The zero-order valence-corrected chi connectivity index (χ0v) is 26.5. The van der Waals surface area contributed by atoms with Crippen molar-refractivity contribution < 1.29 is 9.53 Å². The maximum absolute atomic E-state index is 13.2. The Morgan fingerprint density at radius 1 is 0.805 bits per heavy atom. The molecule has 0 saturated heterocycles. The topological polar surface area (TPSA) is 41.9 Å². The van der Waals surface area contributed by atoms with E-state index in [1.54, 1.807) is 0 Å². The molecule has 0 unspecified atom stereocenters. The largest absolute Gasteiger partial charge is 0.461 e. The number of aryl methyl sites for hydroxylation is 2. The Labute approximate surface area is 258 Å². The normalized spacial score (nSPS) is 18.8.